The van der Waals surface area contributed by atoms with Crippen LogP contribution in [0, 0.1) is 13.8 Å². The maximum absolute atomic E-state index is 11.0. The number of rotatable bonds is 5. The van der Waals surface area contributed by atoms with Crippen LogP contribution in [0.15, 0.2) is 34.9 Å². The zero-order valence-electron chi connectivity index (χ0n) is 13.6. The largest absolute Gasteiger partial charge is 0.497 e. The molecule has 2 heterocycles. The third-order valence-corrected chi connectivity index (χ3v) is 3.87. The van der Waals surface area contributed by atoms with Crippen LogP contribution in [0.4, 0.5) is 0 Å². The molecule has 124 valence electrons. The molecule has 2 aromatic heterocycles. The van der Waals surface area contributed by atoms with Crippen LogP contribution < -0.4 is 4.74 Å². The normalized spacial score (nSPS) is 10.8. The molecule has 0 unspecified atom stereocenters. The highest BCUT2D eigenvalue weighted by molar-refractivity contribution is 5.68. The lowest BCUT2D eigenvalue weighted by molar-refractivity contribution is -0.137. The topological polar surface area (TPSA) is 90.4 Å². The van der Waals surface area contributed by atoms with Crippen LogP contribution in [0.1, 0.15) is 11.4 Å². The Bertz CT molecular complexity index is 878. The molecule has 1 N–H and O–H groups in total. The maximum Gasteiger partial charge on any atom is 0.323 e. The second-order valence-corrected chi connectivity index (χ2v) is 5.42. The quantitative estimate of drug-likeness (QED) is 0.775. The lowest BCUT2D eigenvalue weighted by atomic mass is 10.2. The maximum atomic E-state index is 11.0. The number of carbonyl (C=O) groups is 1. The Labute approximate surface area is 138 Å². The van der Waals surface area contributed by atoms with E-state index in [0.717, 1.165) is 28.3 Å². The van der Waals surface area contributed by atoms with Crippen molar-refractivity contribution in [2.75, 3.05) is 7.11 Å². The molecule has 3 rings (SSSR count). The van der Waals surface area contributed by atoms with Gasteiger partial charge in [-0.2, -0.15) is 4.98 Å². The number of aryl methyl sites for hydroxylation is 1. The number of carboxylic acid groups (broad SMARTS) is 1. The molecule has 3 aromatic rings. The van der Waals surface area contributed by atoms with E-state index in [9.17, 15) is 4.79 Å². The number of nitrogens with zero attached hydrogens (tertiary/aromatic N) is 3. The van der Waals surface area contributed by atoms with Crippen LogP contribution in [-0.2, 0) is 11.3 Å². The molecular formula is C17H17N3O4. The molecule has 24 heavy (non-hydrogen) atoms. The summed E-state index contributed by atoms with van der Waals surface area (Å²) in [5.74, 6) is 0.689. The van der Waals surface area contributed by atoms with Gasteiger partial charge in [0, 0.05) is 17.0 Å². The highest BCUT2D eigenvalue weighted by Crippen LogP contribution is 2.28. The summed E-state index contributed by atoms with van der Waals surface area (Å²) >= 11 is 0. The van der Waals surface area contributed by atoms with E-state index in [1.165, 1.54) is 0 Å². The highest BCUT2D eigenvalue weighted by Gasteiger charge is 2.18. The Balaban J connectivity index is 1.94. The number of aromatic nitrogens is 3. The molecule has 0 aliphatic carbocycles. The molecule has 0 bridgehead atoms. The summed E-state index contributed by atoms with van der Waals surface area (Å²) in [5.41, 5.74) is 3.15. The molecule has 0 saturated heterocycles. The van der Waals surface area contributed by atoms with Gasteiger partial charge in [0.15, 0.2) is 0 Å². The number of benzene rings is 1. The smallest absolute Gasteiger partial charge is 0.323 e. The first kappa shape index (κ1) is 15.8. The molecule has 0 amide bonds. The van der Waals surface area contributed by atoms with Gasteiger partial charge in [0.05, 0.1) is 12.7 Å². The van der Waals surface area contributed by atoms with Crippen molar-refractivity contribution in [3.8, 4) is 28.6 Å². The fourth-order valence-corrected chi connectivity index (χ4v) is 2.59. The summed E-state index contributed by atoms with van der Waals surface area (Å²) in [5, 5.41) is 13.0. The Hall–Kier alpha value is -3.09. The minimum absolute atomic E-state index is 0.100. The van der Waals surface area contributed by atoms with Gasteiger partial charge in [-0.15, -0.1) is 0 Å². The molecule has 1 aromatic carbocycles. The van der Waals surface area contributed by atoms with Crippen molar-refractivity contribution < 1.29 is 19.2 Å². The average molecular weight is 327 g/mol. The summed E-state index contributed by atoms with van der Waals surface area (Å²) in [7, 11) is 1.61. The van der Waals surface area contributed by atoms with Gasteiger partial charge in [0.25, 0.3) is 5.89 Å². The summed E-state index contributed by atoms with van der Waals surface area (Å²) in [6.07, 6.45) is 0. The van der Waals surface area contributed by atoms with E-state index in [-0.39, 0.29) is 6.54 Å². The van der Waals surface area contributed by atoms with E-state index in [4.69, 9.17) is 14.4 Å². The first-order valence-corrected chi connectivity index (χ1v) is 7.36. The molecular weight excluding hydrogens is 310 g/mol. The number of hydrogen-bond acceptors (Lipinski definition) is 5. The highest BCUT2D eigenvalue weighted by atomic mass is 16.5. The van der Waals surface area contributed by atoms with E-state index in [1.807, 2.05) is 44.2 Å². The molecule has 0 saturated carbocycles. The molecule has 0 atom stereocenters. The lowest BCUT2D eigenvalue weighted by Gasteiger charge is -2.05. The summed E-state index contributed by atoms with van der Waals surface area (Å²) in [6, 6.07) is 9.19. The van der Waals surface area contributed by atoms with E-state index >= 15 is 0 Å². The second kappa shape index (κ2) is 6.19. The van der Waals surface area contributed by atoms with Crippen molar-refractivity contribution >= 4 is 5.97 Å². The predicted molar refractivity (Wildman–Crippen MR) is 86.8 cm³/mol. The van der Waals surface area contributed by atoms with Crippen molar-refractivity contribution in [2.45, 2.75) is 20.4 Å². The van der Waals surface area contributed by atoms with Crippen LogP contribution in [0.5, 0.6) is 5.75 Å². The number of hydrogen-bond donors (Lipinski definition) is 1. The molecule has 0 aliphatic heterocycles. The number of methoxy groups -OCH3 is 1. The fourth-order valence-electron chi connectivity index (χ4n) is 2.59. The van der Waals surface area contributed by atoms with Crippen LogP contribution in [0.2, 0.25) is 0 Å². The van der Waals surface area contributed by atoms with Gasteiger partial charge in [-0.25, -0.2) is 0 Å². The third-order valence-electron chi connectivity index (χ3n) is 3.87. The van der Waals surface area contributed by atoms with Crippen LogP contribution in [0.25, 0.3) is 22.8 Å². The Morgan fingerprint density at radius 3 is 2.62 bits per heavy atom. The minimum atomic E-state index is -0.896. The van der Waals surface area contributed by atoms with Crippen LogP contribution >= 0.6 is 0 Å². The lowest BCUT2D eigenvalue weighted by Crippen LogP contribution is -2.11. The monoisotopic (exact) mass is 327 g/mol. The molecule has 0 fully saturated rings. The first-order chi connectivity index (χ1) is 11.5. The van der Waals surface area contributed by atoms with E-state index in [1.54, 1.807) is 11.7 Å². The fraction of sp³-hybridized carbons (Fsp3) is 0.235. The first-order valence-electron chi connectivity index (χ1n) is 7.36. The molecule has 7 nitrogen and oxygen atoms in total. The van der Waals surface area contributed by atoms with Crippen LogP contribution in [0.3, 0.4) is 0 Å². The Morgan fingerprint density at radius 2 is 2.00 bits per heavy atom. The Kier molecular flexibility index (Phi) is 4.07. The van der Waals surface area contributed by atoms with Gasteiger partial charge < -0.3 is 18.9 Å². The molecule has 7 heteroatoms. The number of carboxylic acids is 1. The minimum Gasteiger partial charge on any atom is -0.497 e. The average Bonchev–Trinajstić information content (AvgIpc) is 3.15. The Morgan fingerprint density at radius 1 is 1.29 bits per heavy atom. The zero-order valence-corrected chi connectivity index (χ0v) is 13.6. The van der Waals surface area contributed by atoms with Crippen molar-refractivity contribution in [2.24, 2.45) is 0 Å². The van der Waals surface area contributed by atoms with E-state index < -0.39 is 5.97 Å². The van der Waals surface area contributed by atoms with Gasteiger partial charge in [0.1, 0.15) is 12.3 Å². The summed E-state index contributed by atoms with van der Waals surface area (Å²) < 4.78 is 12.2. The summed E-state index contributed by atoms with van der Waals surface area (Å²) in [6.45, 7) is 3.58. The zero-order chi connectivity index (χ0) is 17.3. The predicted octanol–water partition coefficient (Wildman–Crippen LogP) is 2.92. The SMILES string of the molecule is COc1ccc(-c2noc(-c3cc(C)n(CC(=O)O)c3C)n2)cc1. The van der Waals surface area contributed by atoms with Crippen molar-refractivity contribution in [1.82, 2.24) is 14.7 Å². The molecule has 0 radical (unpaired) electrons. The number of ether oxygens (including phenoxy) is 1. The molecule has 0 spiro atoms. The van der Waals surface area contributed by atoms with Gasteiger partial charge in [0.2, 0.25) is 5.82 Å². The van der Waals surface area contributed by atoms with Gasteiger partial charge >= 0.3 is 5.97 Å². The van der Waals surface area contributed by atoms with Crippen molar-refractivity contribution in [1.29, 1.82) is 0 Å². The standard InChI is InChI=1S/C17H17N3O4/c1-10-8-14(11(2)20(10)9-15(21)22)17-18-16(19-24-17)12-4-6-13(23-3)7-5-12/h4-8H,9H2,1-3H3,(H,21,22). The van der Waals surface area contributed by atoms with Crippen LogP contribution in [-0.4, -0.2) is 32.9 Å². The van der Waals surface area contributed by atoms with E-state index in [2.05, 4.69) is 10.1 Å². The van der Waals surface area contributed by atoms with Gasteiger partial charge in [-0.05, 0) is 44.2 Å². The number of aliphatic carboxylic acids is 1. The van der Waals surface area contributed by atoms with Crippen molar-refractivity contribution in [3.63, 3.8) is 0 Å². The second-order valence-electron chi connectivity index (χ2n) is 5.42. The van der Waals surface area contributed by atoms with Crippen molar-refractivity contribution in [3.05, 3.63) is 41.7 Å². The van der Waals surface area contributed by atoms with Gasteiger partial charge in [-0.3, -0.25) is 4.79 Å². The summed E-state index contributed by atoms with van der Waals surface area (Å²) in [4.78, 5) is 15.4. The molecule has 0 aliphatic rings. The van der Waals surface area contributed by atoms with E-state index in [0.29, 0.717) is 11.7 Å². The third kappa shape index (κ3) is 2.88. The van der Waals surface area contributed by atoms with Gasteiger partial charge in [-0.1, -0.05) is 5.16 Å².